The maximum absolute atomic E-state index is 12.9. The van der Waals surface area contributed by atoms with E-state index in [0.717, 1.165) is 25.1 Å². The van der Waals surface area contributed by atoms with E-state index >= 15 is 0 Å². The molecule has 2 rings (SSSR count). The largest absolute Gasteiger partial charge is 0.352 e. The van der Waals surface area contributed by atoms with Crippen molar-refractivity contribution in [3.63, 3.8) is 0 Å². The Balaban J connectivity index is 1.75. The Morgan fingerprint density at radius 1 is 1.53 bits per heavy atom. The predicted molar refractivity (Wildman–Crippen MR) is 63.8 cm³/mol. The first-order chi connectivity index (χ1) is 8.24. The van der Waals surface area contributed by atoms with Crippen LogP contribution in [0, 0.1) is 11.7 Å². The minimum absolute atomic E-state index is 0.0444. The summed E-state index contributed by atoms with van der Waals surface area (Å²) in [6, 6.07) is 6.30. The number of benzene rings is 1. The van der Waals surface area contributed by atoms with Gasteiger partial charge in [-0.15, -0.1) is 0 Å². The van der Waals surface area contributed by atoms with E-state index in [2.05, 4.69) is 10.6 Å². The molecule has 0 spiro atoms. The highest BCUT2D eigenvalue weighted by Crippen LogP contribution is 2.11. The molecule has 3 nitrogen and oxygen atoms in total. The minimum Gasteiger partial charge on any atom is -0.352 e. The van der Waals surface area contributed by atoms with E-state index in [-0.39, 0.29) is 11.7 Å². The van der Waals surface area contributed by atoms with Gasteiger partial charge in [0.25, 0.3) is 0 Å². The van der Waals surface area contributed by atoms with Crippen molar-refractivity contribution in [1.82, 2.24) is 10.6 Å². The molecular formula is C13H17FN2O. The van der Waals surface area contributed by atoms with Gasteiger partial charge in [0, 0.05) is 13.0 Å². The van der Waals surface area contributed by atoms with Gasteiger partial charge >= 0.3 is 0 Å². The number of carbonyl (C=O) groups excluding carboxylic acids is 1. The smallest absolute Gasteiger partial charge is 0.220 e. The standard InChI is InChI=1S/C13H17FN2O/c14-12-3-1-2-10(6-12)9-16-13(17)7-11-4-5-15-8-11/h1-3,6,11,15H,4-5,7-9H2,(H,16,17). The van der Waals surface area contributed by atoms with Crippen LogP contribution in [0.4, 0.5) is 4.39 Å². The van der Waals surface area contributed by atoms with Gasteiger partial charge in [-0.25, -0.2) is 4.39 Å². The molecule has 1 aliphatic rings. The second-order valence-corrected chi connectivity index (χ2v) is 4.47. The van der Waals surface area contributed by atoms with E-state index in [1.54, 1.807) is 12.1 Å². The molecule has 1 heterocycles. The van der Waals surface area contributed by atoms with Crippen LogP contribution in [-0.2, 0) is 11.3 Å². The fourth-order valence-electron chi connectivity index (χ4n) is 2.07. The molecule has 1 atom stereocenters. The zero-order valence-corrected chi connectivity index (χ0v) is 9.71. The second-order valence-electron chi connectivity index (χ2n) is 4.47. The molecule has 1 fully saturated rings. The zero-order chi connectivity index (χ0) is 12.1. The van der Waals surface area contributed by atoms with E-state index in [4.69, 9.17) is 0 Å². The average Bonchev–Trinajstić information content (AvgIpc) is 2.79. The van der Waals surface area contributed by atoms with Crippen molar-refractivity contribution < 1.29 is 9.18 Å². The Bertz CT molecular complexity index is 389. The minimum atomic E-state index is -0.267. The van der Waals surface area contributed by atoms with Gasteiger partial charge in [-0.05, 0) is 43.1 Å². The highest BCUT2D eigenvalue weighted by molar-refractivity contribution is 5.76. The molecule has 1 aromatic carbocycles. The lowest BCUT2D eigenvalue weighted by Crippen LogP contribution is -2.25. The molecule has 4 heteroatoms. The van der Waals surface area contributed by atoms with Crippen LogP contribution in [0.5, 0.6) is 0 Å². The lowest BCUT2D eigenvalue weighted by atomic mass is 10.0. The van der Waals surface area contributed by atoms with Gasteiger partial charge in [-0.2, -0.15) is 0 Å². The van der Waals surface area contributed by atoms with Crippen LogP contribution >= 0.6 is 0 Å². The van der Waals surface area contributed by atoms with Gasteiger partial charge in [0.05, 0.1) is 0 Å². The summed E-state index contributed by atoms with van der Waals surface area (Å²) in [4.78, 5) is 11.6. The van der Waals surface area contributed by atoms with Crippen LogP contribution in [0.3, 0.4) is 0 Å². The molecule has 1 unspecified atom stereocenters. The van der Waals surface area contributed by atoms with Crippen molar-refractivity contribution in [2.24, 2.45) is 5.92 Å². The summed E-state index contributed by atoms with van der Waals surface area (Å²) < 4.78 is 12.9. The summed E-state index contributed by atoms with van der Waals surface area (Å²) in [6.07, 6.45) is 1.62. The molecule has 2 N–H and O–H groups in total. The Labute approximate surface area is 100 Å². The van der Waals surface area contributed by atoms with Crippen molar-refractivity contribution in [3.8, 4) is 0 Å². The zero-order valence-electron chi connectivity index (χ0n) is 9.71. The third-order valence-corrected chi connectivity index (χ3v) is 3.02. The van der Waals surface area contributed by atoms with Gasteiger partial charge in [0.15, 0.2) is 0 Å². The lowest BCUT2D eigenvalue weighted by molar-refractivity contribution is -0.122. The van der Waals surface area contributed by atoms with Gasteiger partial charge in [0.1, 0.15) is 5.82 Å². The van der Waals surface area contributed by atoms with E-state index in [1.807, 2.05) is 0 Å². The van der Waals surface area contributed by atoms with Crippen LogP contribution in [0.1, 0.15) is 18.4 Å². The maximum atomic E-state index is 12.9. The highest BCUT2D eigenvalue weighted by Gasteiger charge is 2.17. The van der Waals surface area contributed by atoms with E-state index in [1.165, 1.54) is 12.1 Å². The van der Waals surface area contributed by atoms with Crippen molar-refractivity contribution in [2.75, 3.05) is 13.1 Å². The second kappa shape index (κ2) is 5.77. The van der Waals surface area contributed by atoms with E-state index < -0.39 is 0 Å². The van der Waals surface area contributed by atoms with Crippen LogP contribution in [0.15, 0.2) is 24.3 Å². The maximum Gasteiger partial charge on any atom is 0.220 e. The molecule has 0 radical (unpaired) electrons. The van der Waals surface area contributed by atoms with Crippen molar-refractivity contribution >= 4 is 5.91 Å². The summed E-state index contributed by atoms with van der Waals surface area (Å²) in [5, 5.41) is 6.05. The van der Waals surface area contributed by atoms with Crippen LogP contribution in [0.2, 0.25) is 0 Å². The van der Waals surface area contributed by atoms with Crippen LogP contribution < -0.4 is 10.6 Å². The first-order valence-electron chi connectivity index (χ1n) is 5.96. The number of hydrogen-bond donors (Lipinski definition) is 2. The molecule has 0 saturated carbocycles. The third kappa shape index (κ3) is 3.82. The number of nitrogens with one attached hydrogen (secondary N) is 2. The molecule has 1 aromatic rings. The molecule has 1 aliphatic heterocycles. The topological polar surface area (TPSA) is 41.1 Å². The fraction of sp³-hybridized carbons (Fsp3) is 0.462. The monoisotopic (exact) mass is 236 g/mol. The molecule has 92 valence electrons. The van der Waals surface area contributed by atoms with Crippen molar-refractivity contribution in [1.29, 1.82) is 0 Å². The Morgan fingerprint density at radius 3 is 3.12 bits per heavy atom. The average molecular weight is 236 g/mol. The number of amides is 1. The van der Waals surface area contributed by atoms with Crippen LogP contribution in [0.25, 0.3) is 0 Å². The van der Waals surface area contributed by atoms with E-state index in [0.29, 0.717) is 18.9 Å². The quantitative estimate of drug-likeness (QED) is 0.830. The molecule has 17 heavy (non-hydrogen) atoms. The Kier molecular flexibility index (Phi) is 4.09. The highest BCUT2D eigenvalue weighted by atomic mass is 19.1. The summed E-state index contributed by atoms with van der Waals surface area (Å²) in [5.41, 5.74) is 0.794. The van der Waals surface area contributed by atoms with Gasteiger partial charge < -0.3 is 10.6 Å². The first-order valence-corrected chi connectivity index (χ1v) is 5.96. The number of halogens is 1. The van der Waals surface area contributed by atoms with Gasteiger partial charge in [0.2, 0.25) is 5.91 Å². The molecule has 1 amide bonds. The normalized spacial score (nSPS) is 19.2. The summed E-state index contributed by atoms with van der Waals surface area (Å²) in [5.74, 6) is 0.224. The predicted octanol–water partition coefficient (Wildman–Crippen LogP) is 1.44. The Hall–Kier alpha value is -1.42. The van der Waals surface area contributed by atoms with E-state index in [9.17, 15) is 9.18 Å². The third-order valence-electron chi connectivity index (χ3n) is 3.02. The fourth-order valence-corrected chi connectivity index (χ4v) is 2.07. The van der Waals surface area contributed by atoms with Gasteiger partial charge in [-0.3, -0.25) is 4.79 Å². The summed E-state index contributed by atoms with van der Waals surface area (Å²) in [7, 11) is 0. The van der Waals surface area contributed by atoms with Crippen LogP contribution in [-0.4, -0.2) is 19.0 Å². The Morgan fingerprint density at radius 2 is 2.41 bits per heavy atom. The molecule has 0 aliphatic carbocycles. The lowest BCUT2D eigenvalue weighted by Gasteiger charge is -2.09. The molecular weight excluding hydrogens is 219 g/mol. The van der Waals surface area contributed by atoms with Gasteiger partial charge in [-0.1, -0.05) is 12.1 Å². The first kappa shape index (κ1) is 12.0. The molecule has 0 aromatic heterocycles. The molecule has 0 bridgehead atoms. The molecule has 1 saturated heterocycles. The summed E-state index contributed by atoms with van der Waals surface area (Å²) in [6.45, 7) is 2.33. The number of hydrogen-bond acceptors (Lipinski definition) is 2. The number of carbonyl (C=O) groups is 1. The van der Waals surface area contributed by atoms with Crippen molar-refractivity contribution in [3.05, 3.63) is 35.6 Å². The SMILES string of the molecule is O=C(CC1CCNC1)NCc1cccc(F)c1. The number of rotatable bonds is 4. The summed E-state index contributed by atoms with van der Waals surface area (Å²) >= 11 is 0. The van der Waals surface area contributed by atoms with Crippen molar-refractivity contribution in [2.45, 2.75) is 19.4 Å².